The fourth-order valence-electron chi connectivity index (χ4n) is 2.44. The van der Waals surface area contributed by atoms with Gasteiger partial charge in [0.2, 0.25) is 0 Å². The first-order valence-corrected chi connectivity index (χ1v) is 7.59. The van der Waals surface area contributed by atoms with Crippen LogP contribution in [-0.4, -0.2) is 32.0 Å². The maximum atomic E-state index is 12.2. The Morgan fingerprint density at radius 1 is 1.25 bits per heavy atom. The molecular weight excluding hydrogens is 267 g/mol. The van der Waals surface area contributed by atoms with Crippen molar-refractivity contribution < 1.29 is 17.9 Å². The molecule has 1 N–H and O–H groups in total. The first kappa shape index (κ1) is 17.5. The van der Waals surface area contributed by atoms with Gasteiger partial charge in [0.1, 0.15) is 6.61 Å². The summed E-state index contributed by atoms with van der Waals surface area (Å²) in [6.45, 7) is 1.79. The monoisotopic (exact) mass is 293 g/mol. The van der Waals surface area contributed by atoms with Crippen LogP contribution < -0.4 is 5.32 Å². The highest BCUT2D eigenvalue weighted by molar-refractivity contribution is 5.12. The summed E-state index contributed by atoms with van der Waals surface area (Å²) in [5.74, 6) is 0. The van der Waals surface area contributed by atoms with Crippen LogP contribution in [0.1, 0.15) is 51.9 Å². The van der Waals surface area contributed by atoms with Crippen molar-refractivity contribution in [3.63, 3.8) is 0 Å². The molecule has 1 atom stereocenters. The van der Waals surface area contributed by atoms with Gasteiger partial charge in [-0.3, -0.25) is 0 Å². The second-order valence-electron chi connectivity index (χ2n) is 5.37. The summed E-state index contributed by atoms with van der Waals surface area (Å²) in [5.41, 5.74) is 1.22. The standard InChI is InChI=1S/C15H26F3NO/c1-2-10-19-14(11-20-12-15(16,17)18)13-8-6-4-3-5-7-9-13/h8,14,19H,2-7,9-12H2,1H3. The molecule has 1 rings (SSSR count). The largest absolute Gasteiger partial charge is 0.411 e. The van der Waals surface area contributed by atoms with E-state index in [4.69, 9.17) is 4.74 Å². The molecule has 1 aliphatic rings. The molecule has 5 heteroatoms. The minimum absolute atomic E-state index is 0.0737. The fraction of sp³-hybridized carbons (Fsp3) is 0.867. The van der Waals surface area contributed by atoms with E-state index in [0.29, 0.717) is 0 Å². The molecule has 0 radical (unpaired) electrons. The zero-order valence-electron chi connectivity index (χ0n) is 12.3. The van der Waals surface area contributed by atoms with E-state index in [9.17, 15) is 13.2 Å². The number of rotatable bonds is 7. The van der Waals surface area contributed by atoms with Crippen molar-refractivity contribution in [3.05, 3.63) is 11.6 Å². The van der Waals surface area contributed by atoms with Gasteiger partial charge in [0.25, 0.3) is 0 Å². The van der Waals surface area contributed by atoms with Crippen molar-refractivity contribution in [2.24, 2.45) is 0 Å². The van der Waals surface area contributed by atoms with Gasteiger partial charge in [-0.1, -0.05) is 31.4 Å². The number of alkyl halides is 3. The molecule has 0 saturated heterocycles. The van der Waals surface area contributed by atoms with E-state index in [2.05, 4.69) is 11.4 Å². The molecule has 0 amide bonds. The molecule has 0 fully saturated rings. The van der Waals surface area contributed by atoms with Gasteiger partial charge >= 0.3 is 6.18 Å². The van der Waals surface area contributed by atoms with Crippen molar-refractivity contribution in [2.75, 3.05) is 19.8 Å². The van der Waals surface area contributed by atoms with Gasteiger partial charge in [-0.05, 0) is 38.6 Å². The van der Waals surface area contributed by atoms with Crippen LogP contribution in [0.15, 0.2) is 11.6 Å². The number of ether oxygens (including phenoxy) is 1. The zero-order chi connectivity index (χ0) is 14.8. The SMILES string of the molecule is CCCNC(COCC(F)(F)F)C1=CCCCCCC1. The minimum atomic E-state index is -4.25. The molecule has 0 heterocycles. The molecule has 20 heavy (non-hydrogen) atoms. The van der Waals surface area contributed by atoms with Crippen LogP contribution in [0.5, 0.6) is 0 Å². The Kier molecular flexibility index (Phi) is 8.22. The van der Waals surface area contributed by atoms with E-state index in [0.717, 1.165) is 32.2 Å². The summed E-state index contributed by atoms with van der Waals surface area (Å²) in [4.78, 5) is 0. The highest BCUT2D eigenvalue weighted by Gasteiger charge is 2.28. The fourth-order valence-corrected chi connectivity index (χ4v) is 2.44. The Balaban J connectivity index is 2.52. The first-order chi connectivity index (χ1) is 9.53. The van der Waals surface area contributed by atoms with Gasteiger partial charge in [0.15, 0.2) is 0 Å². The third-order valence-corrected chi connectivity index (χ3v) is 3.46. The van der Waals surface area contributed by atoms with E-state index in [1.165, 1.54) is 24.8 Å². The molecule has 0 saturated carbocycles. The third-order valence-electron chi connectivity index (χ3n) is 3.46. The quantitative estimate of drug-likeness (QED) is 0.710. The number of nitrogens with one attached hydrogen (secondary N) is 1. The van der Waals surface area contributed by atoms with Crippen LogP contribution in [-0.2, 0) is 4.74 Å². The maximum absolute atomic E-state index is 12.2. The Morgan fingerprint density at radius 2 is 2.00 bits per heavy atom. The molecule has 118 valence electrons. The van der Waals surface area contributed by atoms with Crippen molar-refractivity contribution in [2.45, 2.75) is 64.1 Å². The molecule has 0 aromatic heterocycles. The number of hydrogen-bond acceptors (Lipinski definition) is 2. The molecule has 0 aromatic rings. The van der Waals surface area contributed by atoms with Crippen molar-refractivity contribution in [1.29, 1.82) is 0 Å². The van der Waals surface area contributed by atoms with Crippen LogP contribution in [0, 0.1) is 0 Å². The van der Waals surface area contributed by atoms with Gasteiger partial charge in [-0.2, -0.15) is 13.2 Å². The Morgan fingerprint density at radius 3 is 2.70 bits per heavy atom. The van der Waals surface area contributed by atoms with Gasteiger partial charge in [0, 0.05) is 0 Å². The van der Waals surface area contributed by atoms with Crippen LogP contribution in [0.4, 0.5) is 13.2 Å². The molecule has 0 bridgehead atoms. The number of hydrogen-bond donors (Lipinski definition) is 1. The van der Waals surface area contributed by atoms with E-state index in [-0.39, 0.29) is 12.6 Å². The van der Waals surface area contributed by atoms with Crippen LogP contribution in [0.3, 0.4) is 0 Å². The Hall–Kier alpha value is -0.550. The molecule has 1 aliphatic carbocycles. The van der Waals surface area contributed by atoms with E-state index in [1.54, 1.807) is 0 Å². The van der Waals surface area contributed by atoms with Crippen molar-refractivity contribution in [3.8, 4) is 0 Å². The Labute approximate surface area is 119 Å². The van der Waals surface area contributed by atoms with E-state index in [1.807, 2.05) is 6.92 Å². The Bertz CT molecular complexity index is 289. The number of allylic oxidation sites excluding steroid dienone is 1. The van der Waals surface area contributed by atoms with E-state index < -0.39 is 12.8 Å². The highest BCUT2D eigenvalue weighted by Crippen LogP contribution is 2.21. The van der Waals surface area contributed by atoms with Gasteiger partial charge in [-0.15, -0.1) is 0 Å². The summed E-state index contributed by atoms with van der Waals surface area (Å²) >= 11 is 0. The lowest BCUT2D eigenvalue weighted by atomic mass is 9.95. The highest BCUT2D eigenvalue weighted by atomic mass is 19.4. The summed E-state index contributed by atoms with van der Waals surface area (Å²) in [6, 6.07) is -0.0737. The average Bonchev–Trinajstić information content (AvgIpc) is 2.32. The van der Waals surface area contributed by atoms with Crippen molar-refractivity contribution >= 4 is 0 Å². The predicted molar refractivity (Wildman–Crippen MR) is 74.7 cm³/mol. The molecule has 0 aromatic carbocycles. The average molecular weight is 293 g/mol. The summed E-state index contributed by atoms with van der Waals surface area (Å²) in [5, 5.41) is 3.31. The van der Waals surface area contributed by atoms with Crippen LogP contribution >= 0.6 is 0 Å². The van der Waals surface area contributed by atoms with Crippen molar-refractivity contribution in [1.82, 2.24) is 5.32 Å². The van der Waals surface area contributed by atoms with Gasteiger partial charge < -0.3 is 10.1 Å². The number of halogens is 3. The second kappa shape index (κ2) is 9.40. The smallest absolute Gasteiger partial charge is 0.370 e. The molecular formula is C15H26F3NO. The predicted octanol–water partition coefficient (Wildman–Crippen LogP) is 4.21. The van der Waals surface area contributed by atoms with Crippen LogP contribution in [0.2, 0.25) is 0 Å². The lowest BCUT2D eigenvalue weighted by Crippen LogP contribution is -2.37. The third kappa shape index (κ3) is 7.90. The van der Waals surface area contributed by atoms with Crippen LogP contribution in [0.25, 0.3) is 0 Å². The molecule has 0 spiro atoms. The first-order valence-electron chi connectivity index (χ1n) is 7.59. The topological polar surface area (TPSA) is 21.3 Å². The lowest BCUT2D eigenvalue weighted by molar-refractivity contribution is -0.174. The maximum Gasteiger partial charge on any atom is 0.411 e. The zero-order valence-corrected chi connectivity index (χ0v) is 12.3. The lowest BCUT2D eigenvalue weighted by Gasteiger charge is -2.23. The minimum Gasteiger partial charge on any atom is -0.370 e. The molecule has 1 unspecified atom stereocenters. The van der Waals surface area contributed by atoms with Gasteiger partial charge in [0.05, 0.1) is 12.6 Å². The second-order valence-corrected chi connectivity index (χ2v) is 5.37. The molecule has 2 nitrogen and oxygen atoms in total. The molecule has 0 aliphatic heterocycles. The van der Waals surface area contributed by atoms with E-state index >= 15 is 0 Å². The summed E-state index contributed by atoms with van der Waals surface area (Å²) in [6.07, 6.45) is 5.66. The van der Waals surface area contributed by atoms with Gasteiger partial charge in [-0.25, -0.2) is 0 Å². The summed E-state index contributed by atoms with van der Waals surface area (Å²) < 4.78 is 41.3. The summed E-state index contributed by atoms with van der Waals surface area (Å²) in [7, 11) is 0. The normalized spacial score (nSPS) is 19.1.